The van der Waals surface area contributed by atoms with Crippen molar-refractivity contribution in [2.45, 2.75) is 60.5 Å². The summed E-state index contributed by atoms with van der Waals surface area (Å²) >= 11 is 0. The topological polar surface area (TPSA) is 103 Å². The second kappa shape index (κ2) is 13.7. The van der Waals surface area contributed by atoms with Crippen LogP contribution in [0.5, 0.6) is 0 Å². The van der Waals surface area contributed by atoms with Crippen LogP contribution in [0.4, 0.5) is 0 Å². The molecule has 0 aliphatic heterocycles. The Balaban J connectivity index is 0.00000301. The zero-order valence-electron chi connectivity index (χ0n) is 16.3. The van der Waals surface area contributed by atoms with E-state index < -0.39 is 0 Å². The first-order valence-corrected chi connectivity index (χ1v) is 8.96. The van der Waals surface area contributed by atoms with Crippen LogP contribution in [0.2, 0.25) is 0 Å². The first-order valence-electron chi connectivity index (χ1n) is 8.96. The molecule has 0 unspecified atom stereocenters. The van der Waals surface area contributed by atoms with Gasteiger partial charge in [0.25, 0.3) is 0 Å². The molecule has 8 nitrogen and oxygen atoms in total. The number of rotatable bonds is 10. The third kappa shape index (κ3) is 10.4. The van der Waals surface area contributed by atoms with Crippen molar-refractivity contribution in [1.29, 1.82) is 0 Å². The first kappa shape index (κ1) is 23.5. The van der Waals surface area contributed by atoms with Gasteiger partial charge in [-0.05, 0) is 12.5 Å². The number of nitrogens with one attached hydrogen (secondary N) is 1. The normalized spacial score (nSPS) is 10.4. The van der Waals surface area contributed by atoms with E-state index in [9.17, 15) is 14.4 Å². The van der Waals surface area contributed by atoms with Crippen molar-refractivity contribution in [3.05, 3.63) is 24.0 Å². The van der Waals surface area contributed by atoms with Gasteiger partial charge in [-0.2, -0.15) is 0 Å². The molecule has 1 heterocycles. The Bertz CT molecular complexity index is 594. The summed E-state index contributed by atoms with van der Waals surface area (Å²) in [6.45, 7) is 10.4. The van der Waals surface area contributed by atoms with Crippen molar-refractivity contribution < 1.29 is 19.1 Å². The Morgan fingerprint density at radius 2 is 1.96 bits per heavy atom. The third-order valence-corrected chi connectivity index (χ3v) is 3.01. The van der Waals surface area contributed by atoms with Crippen LogP contribution < -0.4 is 5.32 Å². The predicted molar refractivity (Wildman–Crippen MR) is 98.1 cm³/mol. The van der Waals surface area contributed by atoms with E-state index in [1.807, 2.05) is 20.8 Å². The van der Waals surface area contributed by atoms with Gasteiger partial charge in [0.2, 0.25) is 5.91 Å². The van der Waals surface area contributed by atoms with Crippen molar-refractivity contribution >= 4 is 17.7 Å². The van der Waals surface area contributed by atoms with Crippen LogP contribution in [-0.4, -0.2) is 39.3 Å². The number of nitrogens with zero attached hydrogens (tertiary/aromatic N) is 3. The Kier molecular flexibility index (Phi) is 12.4. The van der Waals surface area contributed by atoms with E-state index >= 15 is 0 Å². The van der Waals surface area contributed by atoms with Gasteiger partial charge < -0.3 is 10.1 Å². The second-order valence-electron chi connectivity index (χ2n) is 5.55. The number of aromatic nitrogens is 3. The molecule has 0 saturated heterocycles. The predicted octanol–water partition coefficient (Wildman–Crippen LogP) is 2.05. The fourth-order valence-electron chi connectivity index (χ4n) is 1.61. The van der Waals surface area contributed by atoms with Gasteiger partial charge in [0.1, 0.15) is 5.69 Å². The lowest BCUT2D eigenvalue weighted by Crippen LogP contribution is -2.21. The standard InChI is InChI=1S/C16H24N4O4.C2H6/c1-4-9-24-16(23)7-8-20-11-13(18-19-20)10-17-15(22)6-5-14(21)12(2)3;1-2/h5-6,11-12H,4,7-10H2,1-3H3,(H,17,22);1-2H3/b6-5+;. The molecular weight excluding hydrogens is 336 g/mol. The van der Waals surface area contributed by atoms with Crippen molar-refractivity contribution in [1.82, 2.24) is 20.3 Å². The molecule has 0 saturated carbocycles. The van der Waals surface area contributed by atoms with Crippen molar-refractivity contribution in [3.63, 3.8) is 0 Å². The maximum Gasteiger partial charge on any atom is 0.307 e. The van der Waals surface area contributed by atoms with E-state index in [1.165, 1.54) is 16.8 Å². The first-order chi connectivity index (χ1) is 12.4. The van der Waals surface area contributed by atoms with E-state index in [0.29, 0.717) is 18.8 Å². The SMILES string of the molecule is CC.CCCOC(=O)CCn1cc(CNC(=O)/C=C/C(=O)C(C)C)nn1. The molecule has 0 aromatic carbocycles. The van der Waals surface area contributed by atoms with Crippen LogP contribution in [0.25, 0.3) is 0 Å². The number of amides is 1. The molecule has 1 rings (SSSR count). The monoisotopic (exact) mass is 366 g/mol. The van der Waals surface area contributed by atoms with Crippen molar-refractivity contribution in [3.8, 4) is 0 Å². The molecule has 26 heavy (non-hydrogen) atoms. The third-order valence-electron chi connectivity index (χ3n) is 3.01. The van der Waals surface area contributed by atoms with E-state index in [1.54, 1.807) is 20.0 Å². The highest BCUT2D eigenvalue weighted by atomic mass is 16.5. The number of hydrogen-bond donors (Lipinski definition) is 1. The van der Waals surface area contributed by atoms with Gasteiger partial charge in [-0.25, -0.2) is 0 Å². The molecule has 146 valence electrons. The molecule has 1 N–H and O–H groups in total. The number of esters is 1. The summed E-state index contributed by atoms with van der Waals surface area (Å²) in [6, 6.07) is 0. The number of carbonyl (C=O) groups excluding carboxylic acids is 3. The molecule has 0 aliphatic rings. The van der Waals surface area contributed by atoms with E-state index in [-0.39, 0.29) is 36.5 Å². The molecule has 1 amide bonds. The van der Waals surface area contributed by atoms with E-state index in [4.69, 9.17) is 4.74 Å². The number of aryl methyl sites for hydroxylation is 1. The smallest absolute Gasteiger partial charge is 0.307 e. The Labute approximate surface area is 155 Å². The summed E-state index contributed by atoms with van der Waals surface area (Å²) in [5, 5.41) is 10.4. The highest BCUT2D eigenvalue weighted by Crippen LogP contribution is 1.98. The van der Waals surface area contributed by atoms with Gasteiger partial charge in [0.15, 0.2) is 5.78 Å². The molecule has 0 bridgehead atoms. The Morgan fingerprint density at radius 3 is 2.58 bits per heavy atom. The summed E-state index contributed by atoms with van der Waals surface area (Å²) < 4.78 is 6.49. The molecule has 0 fully saturated rings. The van der Waals surface area contributed by atoms with Crippen LogP contribution in [0.15, 0.2) is 18.3 Å². The fraction of sp³-hybridized carbons (Fsp3) is 0.611. The lowest BCUT2D eigenvalue weighted by atomic mass is 10.1. The average Bonchev–Trinajstić information content (AvgIpc) is 3.10. The van der Waals surface area contributed by atoms with Gasteiger partial charge in [-0.3, -0.25) is 19.1 Å². The van der Waals surface area contributed by atoms with Crippen LogP contribution in [0, 0.1) is 5.92 Å². The number of carbonyl (C=O) groups is 3. The maximum atomic E-state index is 11.6. The molecule has 0 atom stereocenters. The summed E-state index contributed by atoms with van der Waals surface area (Å²) in [7, 11) is 0. The Morgan fingerprint density at radius 1 is 1.27 bits per heavy atom. The summed E-state index contributed by atoms with van der Waals surface area (Å²) in [5.41, 5.74) is 0.564. The minimum atomic E-state index is -0.373. The fourth-order valence-corrected chi connectivity index (χ4v) is 1.61. The molecule has 1 aromatic rings. The Hall–Kier alpha value is -2.51. The van der Waals surface area contributed by atoms with Gasteiger partial charge in [-0.1, -0.05) is 39.8 Å². The average molecular weight is 366 g/mol. The van der Waals surface area contributed by atoms with Crippen LogP contribution >= 0.6 is 0 Å². The van der Waals surface area contributed by atoms with Gasteiger partial charge in [0, 0.05) is 12.0 Å². The zero-order chi connectivity index (χ0) is 19.9. The molecule has 0 radical (unpaired) electrons. The summed E-state index contributed by atoms with van der Waals surface area (Å²) in [4.78, 5) is 34.4. The second-order valence-corrected chi connectivity index (χ2v) is 5.55. The lowest BCUT2D eigenvalue weighted by molar-refractivity contribution is -0.144. The number of ketones is 1. The van der Waals surface area contributed by atoms with E-state index in [2.05, 4.69) is 15.6 Å². The highest BCUT2D eigenvalue weighted by molar-refractivity contribution is 5.98. The van der Waals surface area contributed by atoms with Gasteiger partial charge in [0.05, 0.1) is 32.3 Å². The maximum absolute atomic E-state index is 11.6. The van der Waals surface area contributed by atoms with Crippen LogP contribution in [-0.2, 0) is 32.2 Å². The van der Waals surface area contributed by atoms with Crippen molar-refractivity contribution in [2.75, 3.05) is 6.61 Å². The molecule has 8 heteroatoms. The summed E-state index contributed by atoms with van der Waals surface area (Å²) in [6.07, 6.45) is 5.12. The van der Waals surface area contributed by atoms with Crippen molar-refractivity contribution in [2.24, 2.45) is 5.92 Å². The molecular formula is C18H30N4O4. The van der Waals surface area contributed by atoms with Gasteiger partial charge >= 0.3 is 5.97 Å². The molecule has 1 aromatic heterocycles. The van der Waals surface area contributed by atoms with Crippen LogP contribution in [0.1, 0.15) is 53.2 Å². The largest absolute Gasteiger partial charge is 0.466 e. The van der Waals surface area contributed by atoms with Gasteiger partial charge in [-0.15, -0.1) is 5.10 Å². The number of allylic oxidation sites excluding steroid dienone is 1. The lowest BCUT2D eigenvalue weighted by Gasteiger charge is -2.02. The number of hydrogen-bond acceptors (Lipinski definition) is 6. The number of ether oxygens (including phenoxy) is 1. The highest BCUT2D eigenvalue weighted by Gasteiger charge is 2.07. The molecule has 0 aliphatic carbocycles. The zero-order valence-corrected chi connectivity index (χ0v) is 16.3. The summed E-state index contributed by atoms with van der Waals surface area (Å²) in [5.74, 6) is -0.895. The van der Waals surface area contributed by atoms with Crippen LogP contribution in [0.3, 0.4) is 0 Å². The minimum absolute atomic E-state index is 0.106. The van der Waals surface area contributed by atoms with E-state index in [0.717, 1.165) is 6.42 Å². The molecule has 0 spiro atoms. The minimum Gasteiger partial charge on any atom is -0.466 e. The quantitative estimate of drug-likeness (QED) is 0.502.